The summed E-state index contributed by atoms with van der Waals surface area (Å²) in [7, 11) is -3.54. The maximum Gasteiger partial charge on any atom is 0.228 e. The first-order valence-corrected chi connectivity index (χ1v) is 11.3. The normalized spacial score (nSPS) is 18.0. The Bertz CT molecular complexity index is 975. The van der Waals surface area contributed by atoms with Crippen LogP contribution in [-0.4, -0.2) is 31.7 Å². The number of amides is 1. The zero-order chi connectivity index (χ0) is 20.3. The minimum absolute atomic E-state index is 0.133. The Labute approximate surface area is 171 Å². The van der Waals surface area contributed by atoms with Crippen LogP contribution in [0.3, 0.4) is 0 Å². The van der Waals surface area contributed by atoms with Gasteiger partial charge in [0, 0.05) is 23.8 Å². The largest absolute Gasteiger partial charge is 0.326 e. The topological polar surface area (TPSA) is 66.5 Å². The molecule has 1 heterocycles. The molecule has 0 bridgehead atoms. The van der Waals surface area contributed by atoms with Crippen molar-refractivity contribution in [1.82, 2.24) is 4.31 Å². The van der Waals surface area contributed by atoms with Crippen LogP contribution in [0.15, 0.2) is 42.5 Å². The van der Waals surface area contributed by atoms with E-state index in [0.717, 1.165) is 16.8 Å². The molecule has 1 saturated heterocycles. The third-order valence-corrected chi connectivity index (χ3v) is 7.47. The van der Waals surface area contributed by atoms with Gasteiger partial charge < -0.3 is 5.32 Å². The Kier molecular flexibility index (Phi) is 6.43. The molecule has 1 amide bonds. The van der Waals surface area contributed by atoms with Gasteiger partial charge >= 0.3 is 0 Å². The molecule has 1 aliphatic heterocycles. The van der Waals surface area contributed by atoms with Crippen molar-refractivity contribution in [3.8, 4) is 0 Å². The first-order valence-electron chi connectivity index (χ1n) is 9.36. The molecule has 1 fully saturated rings. The van der Waals surface area contributed by atoms with E-state index in [1.54, 1.807) is 24.3 Å². The number of rotatable bonds is 5. The summed E-state index contributed by atoms with van der Waals surface area (Å²) in [6.07, 6.45) is 1.33. The van der Waals surface area contributed by atoms with E-state index in [1.807, 2.05) is 32.0 Å². The Morgan fingerprint density at radius 1 is 1.18 bits per heavy atom. The molecule has 0 aromatic heterocycles. The molecule has 1 aliphatic rings. The fourth-order valence-electron chi connectivity index (χ4n) is 3.43. The van der Waals surface area contributed by atoms with Gasteiger partial charge in [0.15, 0.2) is 0 Å². The molecule has 0 spiro atoms. The van der Waals surface area contributed by atoms with Crippen molar-refractivity contribution < 1.29 is 13.2 Å². The van der Waals surface area contributed by atoms with Crippen molar-refractivity contribution in [2.75, 3.05) is 18.4 Å². The van der Waals surface area contributed by atoms with Crippen LogP contribution in [0.2, 0.25) is 5.02 Å². The number of halogens is 1. The number of nitrogens with one attached hydrogen (secondary N) is 1. The van der Waals surface area contributed by atoms with Gasteiger partial charge in [0.05, 0.1) is 11.7 Å². The number of carbonyl (C=O) groups is 1. The molecule has 3 rings (SSSR count). The summed E-state index contributed by atoms with van der Waals surface area (Å²) in [6, 6.07) is 12.7. The summed E-state index contributed by atoms with van der Waals surface area (Å²) in [6.45, 7) is 4.59. The van der Waals surface area contributed by atoms with E-state index in [4.69, 9.17) is 11.6 Å². The summed E-state index contributed by atoms with van der Waals surface area (Å²) >= 11 is 6.12. The third kappa shape index (κ3) is 4.74. The van der Waals surface area contributed by atoms with E-state index in [2.05, 4.69) is 5.32 Å². The van der Waals surface area contributed by atoms with Gasteiger partial charge in [-0.3, -0.25) is 4.79 Å². The molecule has 0 saturated carbocycles. The Balaban J connectivity index is 1.70. The maximum atomic E-state index is 12.9. The monoisotopic (exact) mass is 420 g/mol. The van der Waals surface area contributed by atoms with Crippen molar-refractivity contribution in [1.29, 1.82) is 0 Å². The lowest BCUT2D eigenvalue weighted by atomic mass is 9.98. The maximum absolute atomic E-state index is 12.9. The molecule has 0 unspecified atom stereocenters. The van der Waals surface area contributed by atoms with E-state index in [0.29, 0.717) is 30.0 Å². The number of nitrogens with zero attached hydrogens (tertiary/aromatic N) is 1. The summed E-state index contributed by atoms with van der Waals surface area (Å²) in [4.78, 5) is 12.8. The van der Waals surface area contributed by atoms with Crippen LogP contribution in [0.4, 0.5) is 5.69 Å². The highest BCUT2D eigenvalue weighted by Gasteiger charge is 2.32. The van der Waals surface area contributed by atoms with Crippen molar-refractivity contribution in [3.63, 3.8) is 0 Å². The predicted molar refractivity (Wildman–Crippen MR) is 113 cm³/mol. The van der Waals surface area contributed by atoms with Crippen LogP contribution in [0.25, 0.3) is 0 Å². The average molecular weight is 421 g/mol. The van der Waals surface area contributed by atoms with Gasteiger partial charge in [0.2, 0.25) is 15.9 Å². The zero-order valence-electron chi connectivity index (χ0n) is 16.1. The van der Waals surface area contributed by atoms with E-state index >= 15 is 0 Å². The number of hydrogen-bond acceptors (Lipinski definition) is 3. The molecule has 0 radical (unpaired) electrons. The Hall–Kier alpha value is -1.89. The fourth-order valence-corrected chi connectivity index (χ4v) is 5.36. The molecule has 0 aliphatic carbocycles. The highest BCUT2D eigenvalue weighted by Crippen LogP contribution is 2.26. The van der Waals surface area contributed by atoms with Gasteiger partial charge in [-0.25, -0.2) is 12.7 Å². The van der Waals surface area contributed by atoms with Crippen molar-refractivity contribution >= 4 is 33.2 Å². The highest BCUT2D eigenvalue weighted by molar-refractivity contribution is 7.88. The quantitative estimate of drug-likeness (QED) is 0.790. The van der Waals surface area contributed by atoms with E-state index in [9.17, 15) is 13.2 Å². The van der Waals surface area contributed by atoms with Gasteiger partial charge in [-0.1, -0.05) is 41.9 Å². The Morgan fingerprint density at radius 3 is 2.68 bits per heavy atom. The van der Waals surface area contributed by atoms with Gasteiger partial charge in [0.1, 0.15) is 0 Å². The molecule has 7 heteroatoms. The van der Waals surface area contributed by atoms with E-state index in [-0.39, 0.29) is 24.1 Å². The SMILES string of the molecule is Cc1cccc(NC(=O)[C@@H]2CCCN(S(=O)(=O)Cc3ccccc3Cl)C2)c1C. The summed E-state index contributed by atoms with van der Waals surface area (Å²) < 4.78 is 27.2. The van der Waals surface area contributed by atoms with Crippen LogP contribution in [0.5, 0.6) is 0 Å². The average Bonchev–Trinajstić information content (AvgIpc) is 2.67. The molecular formula is C21H25ClN2O3S. The zero-order valence-corrected chi connectivity index (χ0v) is 17.7. The number of benzene rings is 2. The number of carbonyl (C=O) groups excluding carboxylic acids is 1. The van der Waals surface area contributed by atoms with E-state index < -0.39 is 10.0 Å². The minimum Gasteiger partial charge on any atom is -0.326 e. The third-order valence-electron chi connectivity index (χ3n) is 5.31. The number of aryl methyl sites for hydroxylation is 1. The van der Waals surface area contributed by atoms with Crippen molar-refractivity contribution in [2.24, 2.45) is 5.92 Å². The molecule has 150 valence electrons. The second kappa shape index (κ2) is 8.64. The second-order valence-corrected chi connectivity index (χ2v) is 9.66. The molecule has 28 heavy (non-hydrogen) atoms. The molecule has 2 aromatic rings. The smallest absolute Gasteiger partial charge is 0.228 e. The lowest BCUT2D eigenvalue weighted by Crippen LogP contribution is -2.44. The molecule has 1 N–H and O–H groups in total. The second-order valence-electron chi connectivity index (χ2n) is 7.28. The van der Waals surface area contributed by atoms with Gasteiger partial charge in [-0.15, -0.1) is 0 Å². The molecular weight excluding hydrogens is 396 g/mol. The number of anilines is 1. The number of piperidine rings is 1. The first-order chi connectivity index (χ1) is 13.3. The molecule has 1 atom stereocenters. The Morgan fingerprint density at radius 2 is 1.93 bits per heavy atom. The standard InChI is InChI=1S/C21H25ClN2O3S/c1-15-7-5-11-20(16(15)2)23-21(25)17-9-6-12-24(13-17)28(26,27)14-18-8-3-4-10-19(18)22/h3-5,7-8,10-11,17H,6,9,12-14H2,1-2H3,(H,23,25)/t17-/m1/s1. The minimum atomic E-state index is -3.54. The van der Waals surface area contributed by atoms with Crippen LogP contribution in [0, 0.1) is 19.8 Å². The van der Waals surface area contributed by atoms with Crippen LogP contribution >= 0.6 is 11.6 Å². The van der Waals surface area contributed by atoms with Crippen LogP contribution < -0.4 is 5.32 Å². The molecule has 2 aromatic carbocycles. The van der Waals surface area contributed by atoms with E-state index in [1.165, 1.54) is 4.31 Å². The van der Waals surface area contributed by atoms with Gasteiger partial charge in [-0.05, 0) is 55.5 Å². The predicted octanol–water partition coefficient (Wildman–Crippen LogP) is 4.14. The lowest BCUT2D eigenvalue weighted by Gasteiger charge is -2.31. The summed E-state index contributed by atoms with van der Waals surface area (Å²) in [5.41, 5.74) is 3.48. The van der Waals surface area contributed by atoms with Crippen molar-refractivity contribution in [2.45, 2.75) is 32.4 Å². The van der Waals surface area contributed by atoms with Gasteiger partial charge in [0.25, 0.3) is 0 Å². The van der Waals surface area contributed by atoms with Gasteiger partial charge in [-0.2, -0.15) is 0 Å². The van der Waals surface area contributed by atoms with Crippen LogP contribution in [0.1, 0.15) is 29.5 Å². The van der Waals surface area contributed by atoms with Crippen molar-refractivity contribution in [3.05, 3.63) is 64.2 Å². The molecule has 5 nitrogen and oxygen atoms in total. The lowest BCUT2D eigenvalue weighted by molar-refractivity contribution is -0.120. The number of sulfonamides is 1. The first kappa shape index (κ1) is 20.8. The summed E-state index contributed by atoms with van der Waals surface area (Å²) in [5, 5.41) is 3.41. The van der Waals surface area contributed by atoms with Crippen LogP contribution in [-0.2, 0) is 20.6 Å². The fraction of sp³-hybridized carbons (Fsp3) is 0.381. The summed E-state index contributed by atoms with van der Waals surface area (Å²) in [5.74, 6) is -0.654. The number of hydrogen-bond donors (Lipinski definition) is 1. The highest BCUT2D eigenvalue weighted by atomic mass is 35.5.